The molecule has 0 aliphatic carbocycles. The van der Waals surface area contributed by atoms with E-state index in [1.807, 2.05) is 31.2 Å². The fraction of sp³-hybridized carbons (Fsp3) is 0.125. The Labute approximate surface area is 134 Å². The maximum atomic E-state index is 12.3. The number of aromatic amines is 1. The summed E-state index contributed by atoms with van der Waals surface area (Å²) < 4.78 is 27.2. The number of benzene rings is 2. The Kier molecular flexibility index (Phi) is 3.95. The second-order valence-corrected chi connectivity index (χ2v) is 7.27. The number of fused-ring (bicyclic) bond motifs is 1. The number of rotatable bonds is 4. The first kappa shape index (κ1) is 15.1. The molecule has 1 heterocycles. The van der Waals surface area contributed by atoms with Crippen LogP contribution in [0.15, 0.2) is 53.4 Å². The lowest BCUT2D eigenvalue weighted by atomic mass is 10.1. The highest BCUT2D eigenvalue weighted by atomic mass is 35.5. The maximum Gasteiger partial charge on any atom is 0.242 e. The summed E-state index contributed by atoms with van der Waals surface area (Å²) in [5.74, 6) is 0. The van der Waals surface area contributed by atoms with E-state index in [2.05, 4.69) is 9.71 Å². The van der Waals surface area contributed by atoms with E-state index in [0.717, 1.165) is 22.2 Å². The zero-order valence-electron chi connectivity index (χ0n) is 11.9. The molecule has 6 heteroatoms. The molecular weight excluding hydrogens is 320 g/mol. The van der Waals surface area contributed by atoms with E-state index < -0.39 is 10.0 Å². The van der Waals surface area contributed by atoms with E-state index in [4.69, 9.17) is 11.6 Å². The minimum absolute atomic E-state index is 0.0928. The number of halogens is 1. The molecule has 0 unspecified atom stereocenters. The zero-order chi connectivity index (χ0) is 15.7. The van der Waals surface area contributed by atoms with Crippen molar-refractivity contribution in [2.24, 2.45) is 0 Å². The van der Waals surface area contributed by atoms with Gasteiger partial charge in [-0.25, -0.2) is 13.1 Å². The summed E-state index contributed by atoms with van der Waals surface area (Å²) in [6.07, 6.45) is 0. The van der Waals surface area contributed by atoms with Crippen LogP contribution in [0.1, 0.15) is 11.3 Å². The highest BCUT2D eigenvalue weighted by molar-refractivity contribution is 7.89. The number of aryl methyl sites for hydroxylation is 1. The Hall–Kier alpha value is -1.82. The Balaban J connectivity index is 1.82. The molecule has 2 aromatic carbocycles. The van der Waals surface area contributed by atoms with Crippen molar-refractivity contribution < 1.29 is 8.42 Å². The van der Waals surface area contributed by atoms with E-state index in [1.54, 1.807) is 18.2 Å². The summed E-state index contributed by atoms with van der Waals surface area (Å²) in [4.78, 5) is 3.33. The molecule has 0 aliphatic rings. The number of nitrogens with one attached hydrogen (secondary N) is 2. The van der Waals surface area contributed by atoms with Crippen molar-refractivity contribution in [2.45, 2.75) is 18.4 Å². The van der Waals surface area contributed by atoms with Crippen molar-refractivity contribution in [2.75, 3.05) is 0 Å². The molecule has 0 saturated heterocycles. The molecule has 4 nitrogen and oxygen atoms in total. The van der Waals surface area contributed by atoms with Gasteiger partial charge in [0, 0.05) is 17.8 Å². The lowest BCUT2D eigenvalue weighted by molar-refractivity contribution is 0.581. The van der Waals surface area contributed by atoms with Gasteiger partial charge in [-0.1, -0.05) is 29.8 Å². The molecule has 0 amide bonds. The highest BCUT2D eigenvalue weighted by Gasteiger charge is 2.16. The van der Waals surface area contributed by atoms with Crippen LogP contribution in [-0.2, 0) is 16.6 Å². The quantitative estimate of drug-likeness (QED) is 0.765. The van der Waals surface area contributed by atoms with Crippen LogP contribution in [-0.4, -0.2) is 13.4 Å². The van der Waals surface area contributed by atoms with Gasteiger partial charge in [0.2, 0.25) is 10.0 Å². The van der Waals surface area contributed by atoms with Crippen LogP contribution in [0.5, 0.6) is 0 Å². The van der Waals surface area contributed by atoms with Crippen LogP contribution in [0.4, 0.5) is 0 Å². The second kappa shape index (κ2) is 5.76. The first-order chi connectivity index (χ1) is 10.5. The molecule has 0 bridgehead atoms. The SMILES string of the molecule is Cc1cc2cc(CNS(=O)(=O)c3ccccc3Cl)ccc2[nH]1. The highest BCUT2D eigenvalue weighted by Crippen LogP contribution is 2.21. The molecule has 3 rings (SSSR count). The molecule has 0 atom stereocenters. The van der Waals surface area contributed by atoms with E-state index in [0.29, 0.717) is 0 Å². The van der Waals surface area contributed by atoms with E-state index in [9.17, 15) is 8.42 Å². The second-order valence-electron chi connectivity index (χ2n) is 5.13. The van der Waals surface area contributed by atoms with Gasteiger partial charge in [0.15, 0.2) is 0 Å². The molecule has 0 spiro atoms. The molecule has 3 aromatic rings. The van der Waals surface area contributed by atoms with Gasteiger partial charge in [-0.05, 0) is 48.2 Å². The number of hydrogen-bond acceptors (Lipinski definition) is 2. The number of H-pyrrole nitrogens is 1. The monoisotopic (exact) mass is 334 g/mol. The van der Waals surface area contributed by atoms with Gasteiger partial charge in [0.25, 0.3) is 0 Å². The van der Waals surface area contributed by atoms with Gasteiger partial charge < -0.3 is 4.98 Å². The standard InChI is InChI=1S/C16H15ClN2O2S/c1-11-8-13-9-12(6-7-15(13)19-11)10-18-22(20,21)16-5-3-2-4-14(16)17/h2-9,18-19H,10H2,1H3. The predicted molar refractivity (Wildman–Crippen MR) is 88.5 cm³/mol. The third-order valence-corrected chi connectivity index (χ3v) is 5.31. The first-order valence-corrected chi connectivity index (χ1v) is 8.64. The topological polar surface area (TPSA) is 62.0 Å². The van der Waals surface area contributed by atoms with Crippen LogP contribution in [0, 0.1) is 6.92 Å². The molecule has 114 valence electrons. The maximum absolute atomic E-state index is 12.3. The van der Waals surface area contributed by atoms with Gasteiger partial charge in [0.1, 0.15) is 4.90 Å². The first-order valence-electron chi connectivity index (χ1n) is 6.78. The normalized spacial score (nSPS) is 11.9. The largest absolute Gasteiger partial charge is 0.359 e. The molecule has 0 radical (unpaired) electrons. The van der Waals surface area contributed by atoms with E-state index >= 15 is 0 Å². The van der Waals surface area contributed by atoms with Crippen molar-refractivity contribution in [3.8, 4) is 0 Å². The summed E-state index contributed by atoms with van der Waals surface area (Å²) in [6.45, 7) is 2.20. The Morgan fingerprint density at radius 1 is 1.14 bits per heavy atom. The number of aromatic nitrogens is 1. The van der Waals surface area contributed by atoms with Crippen LogP contribution in [0.2, 0.25) is 5.02 Å². The molecule has 1 aromatic heterocycles. The van der Waals surface area contributed by atoms with Gasteiger partial charge >= 0.3 is 0 Å². The van der Waals surface area contributed by atoms with Gasteiger partial charge in [-0.3, -0.25) is 0 Å². The smallest absolute Gasteiger partial charge is 0.242 e. The van der Waals surface area contributed by atoms with Crippen molar-refractivity contribution in [3.63, 3.8) is 0 Å². The Morgan fingerprint density at radius 3 is 2.68 bits per heavy atom. The van der Waals surface area contributed by atoms with Gasteiger partial charge in [0.05, 0.1) is 5.02 Å². The fourth-order valence-electron chi connectivity index (χ4n) is 2.36. The summed E-state index contributed by atoms with van der Waals surface area (Å²) in [5, 5.41) is 1.28. The molecule has 0 aliphatic heterocycles. The third kappa shape index (κ3) is 3.02. The average molecular weight is 335 g/mol. The van der Waals surface area contributed by atoms with Crippen molar-refractivity contribution in [1.82, 2.24) is 9.71 Å². The minimum atomic E-state index is -3.63. The predicted octanol–water partition coefficient (Wildman–Crippen LogP) is 3.61. The number of hydrogen-bond donors (Lipinski definition) is 2. The summed E-state index contributed by atoms with van der Waals surface area (Å²) in [7, 11) is -3.63. The summed E-state index contributed by atoms with van der Waals surface area (Å²) >= 11 is 5.95. The van der Waals surface area contributed by atoms with Gasteiger partial charge in [-0.2, -0.15) is 0 Å². The lowest BCUT2D eigenvalue weighted by Crippen LogP contribution is -2.23. The molecular formula is C16H15ClN2O2S. The van der Waals surface area contributed by atoms with E-state index in [1.165, 1.54) is 6.07 Å². The van der Waals surface area contributed by atoms with Gasteiger partial charge in [-0.15, -0.1) is 0 Å². The van der Waals surface area contributed by atoms with Crippen molar-refractivity contribution in [3.05, 3.63) is 64.8 Å². The Bertz CT molecular complexity index is 932. The lowest BCUT2D eigenvalue weighted by Gasteiger charge is -2.08. The zero-order valence-corrected chi connectivity index (χ0v) is 13.5. The molecule has 2 N–H and O–H groups in total. The molecule has 0 saturated carbocycles. The minimum Gasteiger partial charge on any atom is -0.359 e. The van der Waals surface area contributed by atoms with Crippen LogP contribution in [0.3, 0.4) is 0 Å². The van der Waals surface area contributed by atoms with Crippen LogP contribution < -0.4 is 4.72 Å². The number of sulfonamides is 1. The molecule has 22 heavy (non-hydrogen) atoms. The van der Waals surface area contributed by atoms with Crippen LogP contribution in [0.25, 0.3) is 10.9 Å². The Morgan fingerprint density at radius 2 is 1.91 bits per heavy atom. The fourth-order valence-corrected chi connectivity index (χ4v) is 3.89. The van der Waals surface area contributed by atoms with E-state index in [-0.39, 0.29) is 16.5 Å². The van der Waals surface area contributed by atoms with Crippen molar-refractivity contribution >= 4 is 32.5 Å². The molecule has 0 fully saturated rings. The summed E-state index contributed by atoms with van der Waals surface area (Å²) in [5.41, 5.74) is 3.00. The van der Waals surface area contributed by atoms with Crippen molar-refractivity contribution in [1.29, 1.82) is 0 Å². The summed E-state index contributed by atoms with van der Waals surface area (Å²) in [6, 6.07) is 14.2. The average Bonchev–Trinajstić information content (AvgIpc) is 2.85. The van der Waals surface area contributed by atoms with Crippen LogP contribution >= 0.6 is 11.6 Å². The third-order valence-electron chi connectivity index (χ3n) is 3.41.